The Morgan fingerprint density at radius 2 is 1.86 bits per heavy atom. The zero-order valence-corrected chi connectivity index (χ0v) is 16.8. The number of aryl methyl sites for hydroxylation is 1. The number of amides is 2. The van der Waals surface area contributed by atoms with E-state index in [9.17, 15) is 9.59 Å². The molecule has 1 unspecified atom stereocenters. The molecule has 0 spiro atoms. The van der Waals surface area contributed by atoms with Crippen molar-refractivity contribution >= 4 is 11.8 Å². The van der Waals surface area contributed by atoms with Crippen LogP contribution in [0.25, 0.3) is 11.1 Å². The topological polar surface area (TPSA) is 72.6 Å². The van der Waals surface area contributed by atoms with Gasteiger partial charge in [-0.15, -0.1) is 0 Å². The highest BCUT2D eigenvalue weighted by Gasteiger charge is 2.44. The fourth-order valence-electron chi connectivity index (χ4n) is 3.65. The van der Waals surface area contributed by atoms with Crippen molar-refractivity contribution in [3.8, 4) is 11.1 Å². The van der Waals surface area contributed by atoms with E-state index in [1.54, 1.807) is 4.90 Å². The van der Waals surface area contributed by atoms with E-state index in [2.05, 4.69) is 25.1 Å². The van der Waals surface area contributed by atoms with Gasteiger partial charge in [0, 0.05) is 18.9 Å². The lowest BCUT2D eigenvalue weighted by Gasteiger charge is -2.41. The molecule has 2 amide bonds. The van der Waals surface area contributed by atoms with Gasteiger partial charge in [-0.1, -0.05) is 67.9 Å². The second-order valence-electron chi connectivity index (χ2n) is 7.86. The van der Waals surface area contributed by atoms with Crippen molar-refractivity contribution in [2.45, 2.75) is 32.8 Å². The molecule has 0 aromatic heterocycles. The molecule has 28 heavy (non-hydrogen) atoms. The Morgan fingerprint density at radius 3 is 2.46 bits per heavy atom. The van der Waals surface area contributed by atoms with E-state index in [-0.39, 0.29) is 18.4 Å². The lowest BCUT2D eigenvalue weighted by Crippen LogP contribution is -2.61. The Labute approximate surface area is 166 Å². The van der Waals surface area contributed by atoms with Gasteiger partial charge >= 0.3 is 0 Å². The van der Waals surface area contributed by atoms with Crippen LogP contribution in [0.4, 0.5) is 0 Å². The number of benzene rings is 2. The second-order valence-corrected chi connectivity index (χ2v) is 7.86. The summed E-state index contributed by atoms with van der Waals surface area (Å²) in [5.41, 5.74) is 8.96. The Bertz CT molecular complexity index is 860. The molecule has 1 saturated heterocycles. The fraction of sp³-hybridized carbons (Fsp3) is 0.391. The molecule has 2 aromatic carbocycles. The van der Waals surface area contributed by atoms with Gasteiger partial charge in [0.1, 0.15) is 0 Å². The van der Waals surface area contributed by atoms with Gasteiger partial charge in [-0.3, -0.25) is 9.59 Å². The lowest BCUT2D eigenvalue weighted by molar-refractivity contribution is -0.165. The summed E-state index contributed by atoms with van der Waals surface area (Å²) < 4.78 is 5.85. The molecule has 1 aliphatic heterocycles. The average Bonchev–Trinajstić information content (AvgIpc) is 2.68. The first-order chi connectivity index (χ1) is 13.3. The molecule has 1 heterocycles. The Hall–Kier alpha value is -2.66. The summed E-state index contributed by atoms with van der Waals surface area (Å²) in [7, 11) is 0. The summed E-state index contributed by atoms with van der Waals surface area (Å²) in [6, 6.07) is 16.4. The molecule has 1 atom stereocenters. The Balaban J connectivity index is 1.81. The van der Waals surface area contributed by atoms with E-state index in [4.69, 9.17) is 10.5 Å². The summed E-state index contributed by atoms with van der Waals surface area (Å²) in [5, 5.41) is 0. The Kier molecular flexibility index (Phi) is 5.84. The van der Waals surface area contributed by atoms with E-state index in [0.29, 0.717) is 19.6 Å². The van der Waals surface area contributed by atoms with E-state index in [1.165, 1.54) is 5.56 Å². The molecule has 2 N–H and O–H groups in total. The van der Waals surface area contributed by atoms with Crippen LogP contribution in [0.1, 0.15) is 25.0 Å². The van der Waals surface area contributed by atoms with Crippen LogP contribution in [0.2, 0.25) is 0 Å². The van der Waals surface area contributed by atoms with E-state index >= 15 is 0 Å². The second kappa shape index (κ2) is 8.15. The molecule has 2 aromatic rings. The Morgan fingerprint density at radius 1 is 1.14 bits per heavy atom. The number of nitrogens with two attached hydrogens (primary N) is 1. The molecule has 1 fully saturated rings. The van der Waals surface area contributed by atoms with Crippen LogP contribution >= 0.6 is 0 Å². The minimum Gasteiger partial charge on any atom is -0.367 e. The highest BCUT2D eigenvalue weighted by molar-refractivity contribution is 5.86. The molecule has 0 radical (unpaired) electrons. The van der Waals surface area contributed by atoms with Crippen molar-refractivity contribution in [2.75, 3.05) is 19.7 Å². The van der Waals surface area contributed by atoms with Crippen molar-refractivity contribution in [1.29, 1.82) is 0 Å². The third-order valence-corrected chi connectivity index (χ3v) is 5.24. The minimum absolute atomic E-state index is 0.0173. The van der Waals surface area contributed by atoms with E-state index < -0.39 is 11.5 Å². The first-order valence-corrected chi connectivity index (χ1v) is 9.69. The minimum atomic E-state index is -1.19. The van der Waals surface area contributed by atoms with Crippen LogP contribution in [-0.4, -0.2) is 42.0 Å². The van der Waals surface area contributed by atoms with Gasteiger partial charge < -0.3 is 15.4 Å². The summed E-state index contributed by atoms with van der Waals surface area (Å²) in [4.78, 5) is 26.4. The number of carbonyl (C=O) groups excluding carboxylic acids is 2. The molecule has 5 nitrogen and oxygen atoms in total. The quantitative estimate of drug-likeness (QED) is 0.867. The number of hydrogen-bond donors (Lipinski definition) is 1. The molecule has 3 rings (SSSR count). The molecule has 5 heteroatoms. The monoisotopic (exact) mass is 380 g/mol. The van der Waals surface area contributed by atoms with Crippen molar-refractivity contribution in [3.63, 3.8) is 0 Å². The van der Waals surface area contributed by atoms with Gasteiger partial charge in [0.15, 0.2) is 5.60 Å². The largest absolute Gasteiger partial charge is 0.367 e. The standard InChI is InChI=1S/C23H28N2O3/c1-16(2)21(26)25-11-12-28-23(15-25,22(24)27)14-18-7-9-19(10-8-18)20-6-4-5-17(3)13-20/h4-10,13,16H,11-12,14-15H2,1-3H3,(H2,24,27). The molecule has 0 saturated carbocycles. The maximum atomic E-state index is 12.4. The highest BCUT2D eigenvalue weighted by Crippen LogP contribution is 2.26. The third kappa shape index (κ3) is 4.25. The molecule has 0 bridgehead atoms. The number of primary amides is 1. The fourth-order valence-corrected chi connectivity index (χ4v) is 3.65. The average molecular weight is 380 g/mol. The number of hydrogen-bond acceptors (Lipinski definition) is 3. The van der Waals surface area contributed by atoms with Crippen molar-refractivity contribution in [2.24, 2.45) is 11.7 Å². The number of morpholine rings is 1. The summed E-state index contributed by atoms with van der Waals surface area (Å²) in [6.45, 7) is 6.76. The lowest BCUT2D eigenvalue weighted by atomic mass is 9.90. The number of ether oxygens (including phenoxy) is 1. The van der Waals surface area contributed by atoms with Gasteiger partial charge in [-0.25, -0.2) is 0 Å². The molecular weight excluding hydrogens is 352 g/mol. The molecule has 148 valence electrons. The predicted molar refractivity (Wildman–Crippen MR) is 110 cm³/mol. The normalized spacial score (nSPS) is 19.6. The summed E-state index contributed by atoms with van der Waals surface area (Å²) in [6.07, 6.45) is 0.346. The van der Waals surface area contributed by atoms with Gasteiger partial charge in [-0.05, 0) is 23.6 Å². The van der Waals surface area contributed by atoms with Crippen LogP contribution < -0.4 is 5.73 Å². The van der Waals surface area contributed by atoms with E-state index in [0.717, 1.165) is 16.7 Å². The van der Waals surface area contributed by atoms with Gasteiger partial charge in [0.25, 0.3) is 5.91 Å². The van der Waals surface area contributed by atoms with Crippen LogP contribution in [0.15, 0.2) is 48.5 Å². The highest BCUT2D eigenvalue weighted by atomic mass is 16.5. The number of rotatable bonds is 5. The molecule has 1 aliphatic rings. The van der Waals surface area contributed by atoms with Crippen molar-refractivity contribution < 1.29 is 14.3 Å². The van der Waals surface area contributed by atoms with Crippen LogP contribution in [0, 0.1) is 12.8 Å². The zero-order valence-electron chi connectivity index (χ0n) is 16.8. The summed E-state index contributed by atoms with van der Waals surface area (Å²) in [5.74, 6) is -0.641. The van der Waals surface area contributed by atoms with Crippen LogP contribution in [0.3, 0.4) is 0 Å². The first kappa shape index (κ1) is 20.1. The van der Waals surface area contributed by atoms with Crippen molar-refractivity contribution in [1.82, 2.24) is 4.90 Å². The van der Waals surface area contributed by atoms with Gasteiger partial charge in [-0.2, -0.15) is 0 Å². The third-order valence-electron chi connectivity index (χ3n) is 5.24. The van der Waals surface area contributed by atoms with E-state index in [1.807, 2.05) is 44.2 Å². The number of carbonyl (C=O) groups is 2. The molecular formula is C23H28N2O3. The van der Waals surface area contributed by atoms with Crippen LogP contribution in [0.5, 0.6) is 0 Å². The zero-order chi connectivity index (χ0) is 20.3. The maximum Gasteiger partial charge on any atom is 0.251 e. The molecule has 0 aliphatic carbocycles. The van der Waals surface area contributed by atoms with Gasteiger partial charge in [0.2, 0.25) is 5.91 Å². The van der Waals surface area contributed by atoms with Crippen molar-refractivity contribution in [3.05, 3.63) is 59.7 Å². The maximum absolute atomic E-state index is 12.4. The number of nitrogens with zero attached hydrogens (tertiary/aromatic N) is 1. The van der Waals surface area contributed by atoms with Gasteiger partial charge in [0.05, 0.1) is 13.2 Å². The SMILES string of the molecule is Cc1cccc(-c2ccc(CC3(C(N)=O)CN(C(=O)C(C)C)CCO3)cc2)c1. The van der Waals surface area contributed by atoms with Crippen LogP contribution in [-0.2, 0) is 20.7 Å². The first-order valence-electron chi connectivity index (χ1n) is 9.69. The predicted octanol–water partition coefficient (Wildman–Crippen LogP) is 2.94. The summed E-state index contributed by atoms with van der Waals surface area (Å²) >= 11 is 0. The smallest absolute Gasteiger partial charge is 0.251 e.